The lowest BCUT2D eigenvalue weighted by Crippen LogP contribution is -2.45. The number of rotatable bonds is 4. The number of amides is 2. The van der Waals surface area contributed by atoms with Crippen LogP contribution in [0.2, 0.25) is 5.02 Å². The molecule has 0 radical (unpaired) electrons. The summed E-state index contributed by atoms with van der Waals surface area (Å²) in [6.45, 7) is 2.94. The molecule has 0 unspecified atom stereocenters. The van der Waals surface area contributed by atoms with E-state index < -0.39 is 62.1 Å². The van der Waals surface area contributed by atoms with Crippen LogP contribution in [0.4, 0.5) is 14.5 Å². The molecule has 0 aliphatic carbocycles. The number of benzene rings is 2. The summed E-state index contributed by atoms with van der Waals surface area (Å²) in [6.07, 6.45) is 0. The number of anilines is 1. The average molecular weight is 472 g/mol. The fraction of sp³-hybridized carbons (Fsp3) is 0.300. The van der Waals surface area contributed by atoms with Gasteiger partial charge in [0.15, 0.2) is 9.84 Å². The van der Waals surface area contributed by atoms with E-state index in [9.17, 15) is 26.8 Å². The number of carbonyl (C=O) groups excluding carboxylic acids is 2. The van der Waals surface area contributed by atoms with Crippen molar-refractivity contribution in [3.8, 4) is 0 Å². The Bertz CT molecular complexity index is 1170. The van der Waals surface area contributed by atoms with Crippen molar-refractivity contribution in [1.29, 1.82) is 0 Å². The van der Waals surface area contributed by atoms with E-state index in [1.165, 1.54) is 12.1 Å². The molecule has 1 aliphatic rings. The Balaban J connectivity index is 2.21. The summed E-state index contributed by atoms with van der Waals surface area (Å²) in [5.74, 6) is -4.14. The smallest absolute Gasteiger partial charge is 0.254 e. The van der Waals surface area contributed by atoms with Gasteiger partial charge in [0.1, 0.15) is 11.6 Å². The normalized spacial score (nSPS) is 18.0. The van der Waals surface area contributed by atoms with E-state index in [4.69, 9.17) is 17.3 Å². The highest BCUT2D eigenvalue weighted by Crippen LogP contribution is 2.34. The maximum absolute atomic E-state index is 14.7. The van der Waals surface area contributed by atoms with Crippen molar-refractivity contribution in [3.63, 3.8) is 0 Å². The van der Waals surface area contributed by atoms with Crippen LogP contribution < -0.4 is 16.0 Å². The van der Waals surface area contributed by atoms with Gasteiger partial charge in [0.2, 0.25) is 5.91 Å². The topological polar surface area (TPSA) is 110 Å². The van der Waals surface area contributed by atoms with Crippen molar-refractivity contribution >= 4 is 38.9 Å². The molecule has 31 heavy (non-hydrogen) atoms. The first-order valence-electron chi connectivity index (χ1n) is 9.28. The second-order valence-corrected chi connectivity index (χ2v) is 9.92. The van der Waals surface area contributed by atoms with Gasteiger partial charge in [-0.1, -0.05) is 17.7 Å². The average Bonchev–Trinajstić information content (AvgIpc) is 2.71. The SMILES string of the molecule is CC(C)NC(=O)c1cc2c(cc1F)S(=O)(=O)C[C@H](N)C(=O)N2Cc1ccc(Cl)cc1F. The molecule has 0 saturated heterocycles. The van der Waals surface area contributed by atoms with Crippen LogP contribution in [0.1, 0.15) is 29.8 Å². The van der Waals surface area contributed by atoms with Crippen LogP contribution in [-0.2, 0) is 21.2 Å². The number of nitrogens with one attached hydrogen (secondary N) is 1. The van der Waals surface area contributed by atoms with Gasteiger partial charge in [-0.2, -0.15) is 0 Å². The van der Waals surface area contributed by atoms with Crippen LogP contribution in [0.3, 0.4) is 0 Å². The third-order valence-electron chi connectivity index (χ3n) is 4.66. The molecule has 11 heteroatoms. The van der Waals surface area contributed by atoms with Gasteiger partial charge in [-0.25, -0.2) is 17.2 Å². The molecule has 166 valence electrons. The van der Waals surface area contributed by atoms with Crippen LogP contribution in [0.15, 0.2) is 35.2 Å². The molecule has 0 spiro atoms. The van der Waals surface area contributed by atoms with Gasteiger partial charge in [-0.15, -0.1) is 0 Å². The highest BCUT2D eigenvalue weighted by Gasteiger charge is 2.37. The van der Waals surface area contributed by atoms with Gasteiger partial charge < -0.3 is 16.0 Å². The molecule has 3 N–H and O–H groups in total. The van der Waals surface area contributed by atoms with E-state index in [1.54, 1.807) is 13.8 Å². The number of nitrogens with two attached hydrogens (primary N) is 1. The van der Waals surface area contributed by atoms with E-state index in [2.05, 4.69) is 5.32 Å². The predicted molar refractivity (Wildman–Crippen MR) is 112 cm³/mol. The predicted octanol–water partition coefficient (Wildman–Crippen LogP) is 2.40. The molecule has 0 saturated carbocycles. The third kappa shape index (κ3) is 4.70. The zero-order valence-electron chi connectivity index (χ0n) is 16.7. The van der Waals surface area contributed by atoms with E-state index in [1.807, 2.05) is 0 Å². The van der Waals surface area contributed by atoms with Crippen LogP contribution in [0.25, 0.3) is 0 Å². The highest BCUT2D eigenvalue weighted by molar-refractivity contribution is 7.91. The number of nitrogens with zero attached hydrogens (tertiary/aromatic N) is 1. The van der Waals surface area contributed by atoms with E-state index >= 15 is 0 Å². The minimum Gasteiger partial charge on any atom is -0.350 e. The van der Waals surface area contributed by atoms with Crippen molar-refractivity contribution in [2.45, 2.75) is 37.4 Å². The molecule has 0 fully saturated rings. The van der Waals surface area contributed by atoms with Crippen molar-refractivity contribution in [2.24, 2.45) is 5.73 Å². The summed E-state index contributed by atoms with van der Waals surface area (Å²) in [5, 5.41) is 2.65. The zero-order chi connectivity index (χ0) is 23.1. The second kappa shape index (κ2) is 8.52. The Morgan fingerprint density at radius 3 is 2.55 bits per heavy atom. The Kier molecular flexibility index (Phi) is 6.35. The Morgan fingerprint density at radius 1 is 1.26 bits per heavy atom. The van der Waals surface area contributed by atoms with Crippen molar-refractivity contribution in [2.75, 3.05) is 10.7 Å². The van der Waals surface area contributed by atoms with Crippen LogP contribution in [-0.4, -0.2) is 38.1 Å². The fourth-order valence-corrected chi connectivity index (χ4v) is 4.94. The maximum Gasteiger partial charge on any atom is 0.254 e. The van der Waals surface area contributed by atoms with Crippen LogP contribution in [0, 0.1) is 11.6 Å². The van der Waals surface area contributed by atoms with Gasteiger partial charge in [0.05, 0.1) is 34.5 Å². The van der Waals surface area contributed by atoms with Gasteiger partial charge in [-0.3, -0.25) is 9.59 Å². The van der Waals surface area contributed by atoms with E-state index in [-0.39, 0.29) is 22.3 Å². The molecule has 1 atom stereocenters. The van der Waals surface area contributed by atoms with Gasteiger partial charge >= 0.3 is 0 Å². The molecule has 2 amide bonds. The van der Waals surface area contributed by atoms with Crippen molar-refractivity contribution in [1.82, 2.24) is 5.32 Å². The Hall–Kier alpha value is -2.56. The van der Waals surface area contributed by atoms with Crippen molar-refractivity contribution < 1.29 is 26.8 Å². The van der Waals surface area contributed by atoms with E-state index in [0.29, 0.717) is 6.07 Å². The molecular weight excluding hydrogens is 452 g/mol. The summed E-state index contributed by atoms with van der Waals surface area (Å²) < 4.78 is 54.6. The molecule has 2 aromatic rings. The van der Waals surface area contributed by atoms with Crippen LogP contribution >= 0.6 is 11.6 Å². The number of halogens is 3. The summed E-state index contributed by atoms with van der Waals surface area (Å²) in [4.78, 5) is 25.8. The Labute approximate surface area is 183 Å². The third-order valence-corrected chi connectivity index (χ3v) is 6.69. The lowest BCUT2D eigenvalue weighted by Gasteiger charge is -2.25. The number of carbonyl (C=O) groups is 2. The summed E-state index contributed by atoms with van der Waals surface area (Å²) in [6, 6.07) is 3.69. The molecule has 0 aromatic heterocycles. The molecule has 7 nitrogen and oxygen atoms in total. The first-order chi connectivity index (χ1) is 14.4. The highest BCUT2D eigenvalue weighted by atomic mass is 35.5. The minimum absolute atomic E-state index is 0.0349. The number of hydrogen-bond donors (Lipinski definition) is 2. The monoisotopic (exact) mass is 471 g/mol. The number of sulfone groups is 1. The number of hydrogen-bond acceptors (Lipinski definition) is 5. The van der Waals surface area contributed by atoms with Gasteiger partial charge in [0.25, 0.3) is 5.91 Å². The summed E-state index contributed by atoms with van der Waals surface area (Å²) >= 11 is 5.76. The largest absolute Gasteiger partial charge is 0.350 e. The van der Waals surface area contributed by atoms with Crippen LogP contribution in [0.5, 0.6) is 0 Å². The lowest BCUT2D eigenvalue weighted by atomic mass is 10.1. The summed E-state index contributed by atoms with van der Waals surface area (Å²) in [5.41, 5.74) is 5.12. The Morgan fingerprint density at radius 2 is 1.94 bits per heavy atom. The molecular formula is C20H20ClF2N3O4S. The van der Waals surface area contributed by atoms with Gasteiger partial charge in [0, 0.05) is 16.6 Å². The second-order valence-electron chi connectivity index (χ2n) is 7.48. The molecule has 1 heterocycles. The standard InChI is InChI=1S/C20H20ClF2N3O4S/c1-10(2)25-19(27)13-6-17-18(7-15(13)23)31(29,30)9-16(24)20(28)26(17)8-11-3-4-12(21)5-14(11)22/h3-7,10,16H,8-9,24H2,1-2H3,(H,25,27)/t16-/m0/s1. The maximum atomic E-state index is 14.7. The minimum atomic E-state index is -4.16. The van der Waals surface area contributed by atoms with E-state index in [0.717, 1.165) is 17.0 Å². The lowest BCUT2D eigenvalue weighted by molar-refractivity contribution is -0.119. The molecule has 2 aromatic carbocycles. The van der Waals surface area contributed by atoms with Gasteiger partial charge in [-0.05, 0) is 38.1 Å². The molecule has 3 rings (SSSR count). The molecule has 1 aliphatic heterocycles. The first kappa shape index (κ1) is 23.1. The molecule has 0 bridgehead atoms. The first-order valence-corrected chi connectivity index (χ1v) is 11.3. The quantitative estimate of drug-likeness (QED) is 0.711. The number of fused-ring (bicyclic) bond motifs is 1. The fourth-order valence-electron chi connectivity index (χ4n) is 3.22. The zero-order valence-corrected chi connectivity index (χ0v) is 18.2. The summed E-state index contributed by atoms with van der Waals surface area (Å²) in [7, 11) is -4.16. The van der Waals surface area contributed by atoms with Crippen molar-refractivity contribution in [3.05, 3.63) is 58.1 Å².